The minimum atomic E-state index is -4.71. The fraction of sp³-hybridized carbons (Fsp3) is 0.179. The minimum Gasteiger partial charge on any atom is -0.298 e. The predicted molar refractivity (Wildman–Crippen MR) is 137 cm³/mol. The fourth-order valence-electron chi connectivity index (χ4n) is 4.22. The summed E-state index contributed by atoms with van der Waals surface area (Å²) >= 11 is 7.67. The Morgan fingerprint density at radius 1 is 0.889 bits per heavy atom. The van der Waals surface area contributed by atoms with E-state index >= 15 is 0 Å². The molecule has 0 saturated heterocycles. The van der Waals surface area contributed by atoms with Crippen LogP contribution in [0.2, 0.25) is 5.02 Å². The van der Waals surface area contributed by atoms with Crippen molar-refractivity contribution in [1.82, 2.24) is 10.3 Å². The van der Waals surface area contributed by atoms with Crippen LogP contribution in [-0.2, 0) is 24.7 Å². The highest BCUT2D eigenvalue weighted by molar-refractivity contribution is 7.98. The van der Waals surface area contributed by atoms with E-state index in [4.69, 9.17) is 11.6 Å². The Hall–Kier alpha value is -2.87. The van der Waals surface area contributed by atoms with Crippen molar-refractivity contribution in [2.24, 2.45) is 0 Å². The Kier molecular flexibility index (Phi) is 8.03. The normalized spacial score (nSPS) is 13.4. The molecule has 36 heavy (non-hydrogen) atoms. The lowest BCUT2D eigenvalue weighted by atomic mass is 9.79. The number of aromatic nitrogens is 1. The highest BCUT2D eigenvalue weighted by atomic mass is 35.5. The highest BCUT2D eigenvalue weighted by Gasteiger charge is 2.39. The third kappa shape index (κ3) is 5.91. The third-order valence-corrected chi connectivity index (χ3v) is 7.03. The van der Waals surface area contributed by atoms with Crippen LogP contribution in [0.3, 0.4) is 0 Å². The summed E-state index contributed by atoms with van der Waals surface area (Å²) in [4.78, 5) is 5.52. The van der Waals surface area contributed by atoms with Crippen LogP contribution in [-0.4, -0.2) is 11.2 Å². The molecule has 186 valence electrons. The Morgan fingerprint density at radius 2 is 1.58 bits per heavy atom. The molecule has 0 fully saturated rings. The molecule has 4 rings (SSSR count). The average Bonchev–Trinajstić information content (AvgIpc) is 2.87. The van der Waals surface area contributed by atoms with Crippen LogP contribution >= 0.6 is 23.4 Å². The summed E-state index contributed by atoms with van der Waals surface area (Å²) in [6.07, 6.45) is -1.09. The van der Waals surface area contributed by atoms with E-state index in [0.717, 1.165) is 28.2 Å². The van der Waals surface area contributed by atoms with Crippen molar-refractivity contribution in [2.45, 2.75) is 29.6 Å². The summed E-state index contributed by atoms with van der Waals surface area (Å²) in [5.74, 6) is -0.975. The van der Waals surface area contributed by atoms with E-state index in [0.29, 0.717) is 23.3 Å². The molecule has 4 aromatic rings. The molecule has 1 aromatic heterocycles. The average molecular weight is 531 g/mol. The summed E-state index contributed by atoms with van der Waals surface area (Å²) in [7, 11) is 0. The molecule has 0 bridgehead atoms. The summed E-state index contributed by atoms with van der Waals surface area (Å²) in [6.45, 7) is 0.312. The number of nitrogens with one attached hydrogen (secondary N) is 1. The predicted octanol–water partition coefficient (Wildman–Crippen LogP) is 7.89. The Bertz CT molecular complexity index is 1310. The number of halogens is 5. The molecule has 8 heteroatoms. The van der Waals surface area contributed by atoms with Gasteiger partial charge in [-0.05, 0) is 59.3 Å². The maximum absolute atomic E-state index is 14.7. The second kappa shape index (κ2) is 11.0. The van der Waals surface area contributed by atoms with Gasteiger partial charge >= 0.3 is 6.18 Å². The Labute approximate surface area is 216 Å². The summed E-state index contributed by atoms with van der Waals surface area (Å²) in [5, 5.41) is 3.86. The van der Waals surface area contributed by atoms with Gasteiger partial charge in [0.1, 0.15) is 5.82 Å². The van der Waals surface area contributed by atoms with Crippen molar-refractivity contribution >= 4 is 23.4 Å². The van der Waals surface area contributed by atoms with E-state index in [1.165, 1.54) is 6.20 Å². The molecule has 1 N–H and O–H groups in total. The number of hydrogen-bond acceptors (Lipinski definition) is 3. The van der Waals surface area contributed by atoms with E-state index in [9.17, 15) is 17.6 Å². The van der Waals surface area contributed by atoms with Crippen LogP contribution in [0.25, 0.3) is 0 Å². The number of benzene rings is 3. The summed E-state index contributed by atoms with van der Waals surface area (Å²) in [6, 6.07) is 23.0. The van der Waals surface area contributed by atoms with Gasteiger partial charge < -0.3 is 0 Å². The zero-order chi connectivity index (χ0) is 25.8. The first-order chi connectivity index (χ1) is 17.2. The summed E-state index contributed by atoms with van der Waals surface area (Å²) in [5.41, 5.74) is 0.00237. The molecule has 0 aliphatic rings. The van der Waals surface area contributed by atoms with Gasteiger partial charge in [0, 0.05) is 24.1 Å². The molecule has 0 aliphatic carbocycles. The van der Waals surface area contributed by atoms with Crippen molar-refractivity contribution in [3.8, 4) is 0 Å². The lowest BCUT2D eigenvalue weighted by Crippen LogP contribution is -2.46. The number of thioether (sulfide) groups is 1. The van der Waals surface area contributed by atoms with E-state index in [2.05, 4.69) is 10.3 Å². The quantitative estimate of drug-likeness (QED) is 0.185. The molecule has 1 atom stereocenters. The first kappa shape index (κ1) is 26.2. The van der Waals surface area contributed by atoms with Crippen LogP contribution in [0, 0.1) is 5.82 Å². The first-order valence-corrected chi connectivity index (χ1v) is 12.7. The zero-order valence-corrected chi connectivity index (χ0v) is 20.9. The number of hydrogen-bond donors (Lipinski definition) is 1. The van der Waals surface area contributed by atoms with E-state index in [1.54, 1.807) is 23.9 Å². The topological polar surface area (TPSA) is 24.9 Å². The Balaban J connectivity index is 1.94. The van der Waals surface area contributed by atoms with Gasteiger partial charge in [-0.25, -0.2) is 4.39 Å². The number of rotatable bonds is 8. The molecule has 0 aliphatic heterocycles. The number of alkyl halides is 3. The van der Waals surface area contributed by atoms with Crippen molar-refractivity contribution in [3.63, 3.8) is 0 Å². The molecule has 1 heterocycles. The molecule has 0 amide bonds. The van der Waals surface area contributed by atoms with Gasteiger partial charge in [-0.3, -0.25) is 10.3 Å². The molecular formula is C28H23ClF4N2S. The molecule has 2 nitrogen and oxygen atoms in total. The molecule has 1 unspecified atom stereocenters. The van der Waals surface area contributed by atoms with Crippen LogP contribution in [0.1, 0.15) is 27.9 Å². The SMILES string of the molecule is CSc1ccccc1CNC(Cc1ccccc1)(c1cc(F)cc(C(F)(F)F)c1)c1ccc(Cl)cn1. The van der Waals surface area contributed by atoms with Crippen molar-refractivity contribution in [1.29, 1.82) is 0 Å². The molecule has 0 saturated carbocycles. The van der Waals surface area contributed by atoms with Gasteiger partial charge in [-0.1, -0.05) is 60.1 Å². The van der Waals surface area contributed by atoms with E-state index in [-0.39, 0.29) is 12.0 Å². The Morgan fingerprint density at radius 3 is 2.25 bits per heavy atom. The molecule has 3 aromatic carbocycles. The van der Waals surface area contributed by atoms with Gasteiger partial charge in [0.2, 0.25) is 0 Å². The second-order valence-electron chi connectivity index (χ2n) is 8.32. The van der Waals surface area contributed by atoms with Crippen LogP contribution in [0.4, 0.5) is 17.6 Å². The maximum atomic E-state index is 14.7. The molecular weight excluding hydrogens is 508 g/mol. The van der Waals surface area contributed by atoms with Crippen molar-refractivity contribution in [3.05, 3.63) is 130 Å². The van der Waals surface area contributed by atoms with Crippen LogP contribution in [0.15, 0.2) is 96.0 Å². The van der Waals surface area contributed by atoms with Crippen LogP contribution < -0.4 is 5.32 Å². The third-order valence-electron chi connectivity index (χ3n) is 5.97. The van der Waals surface area contributed by atoms with Crippen molar-refractivity contribution in [2.75, 3.05) is 6.26 Å². The van der Waals surface area contributed by atoms with Gasteiger partial charge in [-0.2, -0.15) is 13.2 Å². The van der Waals surface area contributed by atoms with E-state index < -0.39 is 23.1 Å². The van der Waals surface area contributed by atoms with Crippen LogP contribution in [0.5, 0.6) is 0 Å². The smallest absolute Gasteiger partial charge is 0.298 e. The minimum absolute atomic E-state index is 0.120. The van der Waals surface area contributed by atoms with Crippen molar-refractivity contribution < 1.29 is 17.6 Å². The first-order valence-electron chi connectivity index (χ1n) is 11.1. The van der Waals surface area contributed by atoms with Gasteiger partial charge in [0.05, 0.1) is 21.8 Å². The number of pyridine rings is 1. The van der Waals surface area contributed by atoms with E-state index in [1.807, 2.05) is 60.9 Å². The largest absolute Gasteiger partial charge is 0.416 e. The lowest BCUT2D eigenvalue weighted by Gasteiger charge is -2.36. The van der Waals surface area contributed by atoms with Gasteiger partial charge in [0.15, 0.2) is 0 Å². The highest BCUT2D eigenvalue weighted by Crippen LogP contribution is 2.38. The lowest BCUT2D eigenvalue weighted by molar-refractivity contribution is -0.137. The maximum Gasteiger partial charge on any atom is 0.416 e. The van der Waals surface area contributed by atoms with Gasteiger partial charge in [0.25, 0.3) is 0 Å². The summed E-state index contributed by atoms with van der Waals surface area (Å²) < 4.78 is 56.0. The molecule has 0 spiro atoms. The monoisotopic (exact) mass is 530 g/mol. The second-order valence-corrected chi connectivity index (χ2v) is 9.61. The fourth-order valence-corrected chi connectivity index (χ4v) is 4.95. The zero-order valence-electron chi connectivity index (χ0n) is 19.3. The molecule has 0 radical (unpaired) electrons. The van der Waals surface area contributed by atoms with Gasteiger partial charge in [-0.15, -0.1) is 11.8 Å². The standard InChI is InChI=1S/C28H23ClF4N2S/c1-36-25-10-6-5-9-20(25)17-35-27(16-19-7-3-2-4-8-19,26-12-11-23(29)18-34-26)21-13-22(28(31,32)33)15-24(30)14-21/h2-15,18,35H,16-17H2,1H3. The number of nitrogens with zero attached hydrogens (tertiary/aromatic N) is 1.